The van der Waals surface area contributed by atoms with E-state index in [2.05, 4.69) is 12.7 Å². The second-order valence-corrected chi connectivity index (χ2v) is 4.13. The molecule has 0 aliphatic carbocycles. The molecular weight excluding hydrogens is 321 g/mol. The fourth-order valence-electron chi connectivity index (χ4n) is 1.94. The number of hydrogen-bond donors (Lipinski definition) is 0. The molecule has 1 nitrogen and oxygen atoms in total. The van der Waals surface area contributed by atoms with Crippen LogP contribution >= 0.6 is 0 Å². The van der Waals surface area contributed by atoms with Gasteiger partial charge in [-0.05, 0) is 5.70 Å². The molecule has 0 aromatic heterocycles. The van der Waals surface area contributed by atoms with Crippen LogP contribution in [0.2, 0.25) is 0 Å². The first-order chi connectivity index (χ1) is 8.59. The normalized spacial score (nSPS) is 14.4. The summed E-state index contributed by atoms with van der Waals surface area (Å²) in [7, 11) is 0. The van der Waals surface area contributed by atoms with E-state index in [1.165, 1.54) is 4.90 Å². The predicted octanol–water partition coefficient (Wildman–Crippen LogP) is 3.79. The summed E-state index contributed by atoms with van der Waals surface area (Å²) in [6, 6.07) is 7.66. The van der Waals surface area contributed by atoms with Crippen LogP contribution in [0.4, 0.5) is 8.78 Å². The molecule has 1 radical (unpaired) electrons. The number of rotatable bonds is 3. The molecule has 2 rings (SSSR count). The maximum Gasteiger partial charge on any atom is 0.256 e. The summed E-state index contributed by atoms with van der Waals surface area (Å²) in [6.45, 7) is 5.39. The maximum absolute atomic E-state index is 12.6. The molecule has 0 fully saturated rings. The number of alkyl halides is 2. The van der Waals surface area contributed by atoms with Crippen LogP contribution in [0.5, 0.6) is 0 Å². The van der Waals surface area contributed by atoms with E-state index in [4.69, 9.17) is 0 Å². The van der Waals surface area contributed by atoms with Crippen molar-refractivity contribution in [3.8, 4) is 0 Å². The Balaban J connectivity index is 0.00000180. The molecule has 1 heterocycles. The van der Waals surface area contributed by atoms with Gasteiger partial charge in [0, 0.05) is 32.7 Å². The summed E-state index contributed by atoms with van der Waals surface area (Å²) in [5, 5.41) is 0. The standard InChI is InChI=1S/C15H14F2N.Y/c1-11-6-3-4-8-13(11)14-9-5-7-12(2)18(14)10-15(16)17;/h3-8,15H,2,10H2,1H3;/q-1;. The SMILES string of the molecule is C=C1C=C[C-]=C(c2ccccc2C)N1CC(F)F.[Y]. The summed E-state index contributed by atoms with van der Waals surface area (Å²) >= 11 is 0. The first-order valence-electron chi connectivity index (χ1n) is 5.70. The van der Waals surface area contributed by atoms with Crippen LogP contribution in [-0.4, -0.2) is 17.9 Å². The van der Waals surface area contributed by atoms with Crippen molar-refractivity contribution in [2.75, 3.05) is 6.54 Å². The van der Waals surface area contributed by atoms with Gasteiger partial charge in [0.05, 0.1) is 6.54 Å². The molecule has 0 atom stereocenters. The second kappa shape index (κ2) is 7.11. The van der Waals surface area contributed by atoms with Crippen molar-refractivity contribution in [2.45, 2.75) is 13.3 Å². The van der Waals surface area contributed by atoms with Crippen LogP contribution in [0.1, 0.15) is 11.1 Å². The molecule has 0 amide bonds. The Morgan fingerprint density at radius 1 is 1.32 bits per heavy atom. The van der Waals surface area contributed by atoms with Gasteiger partial charge in [-0.3, -0.25) is 0 Å². The Morgan fingerprint density at radius 3 is 2.63 bits per heavy atom. The largest absolute Gasteiger partial charge is 0.370 e. The van der Waals surface area contributed by atoms with Gasteiger partial charge in [0.15, 0.2) is 0 Å². The van der Waals surface area contributed by atoms with E-state index < -0.39 is 6.43 Å². The average Bonchev–Trinajstić information content (AvgIpc) is 2.32. The van der Waals surface area contributed by atoms with Crippen molar-refractivity contribution >= 4 is 5.70 Å². The summed E-state index contributed by atoms with van der Waals surface area (Å²) in [6.07, 6.45) is 4.02. The van der Waals surface area contributed by atoms with Crippen LogP contribution < -0.4 is 0 Å². The number of aryl methyl sites for hydroxylation is 1. The number of hydrogen-bond acceptors (Lipinski definition) is 1. The summed E-state index contributed by atoms with van der Waals surface area (Å²) in [5.74, 6) is 0. The number of benzene rings is 1. The number of halogens is 2. The predicted molar refractivity (Wildman–Crippen MR) is 68.8 cm³/mol. The number of nitrogens with zero attached hydrogens (tertiary/aromatic N) is 1. The van der Waals surface area contributed by atoms with Gasteiger partial charge in [-0.1, -0.05) is 48.5 Å². The minimum absolute atomic E-state index is 0. The van der Waals surface area contributed by atoms with Crippen molar-refractivity contribution in [3.63, 3.8) is 0 Å². The fraction of sp³-hybridized carbons (Fsp3) is 0.200. The topological polar surface area (TPSA) is 3.24 Å². The smallest absolute Gasteiger partial charge is 0.256 e. The summed E-state index contributed by atoms with van der Waals surface area (Å²) < 4.78 is 25.3. The van der Waals surface area contributed by atoms with Crippen LogP contribution in [-0.2, 0) is 32.7 Å². The molecule has 97 valence electrons. The van der Waals surface area contributed by atoms with Gasteiger partial charge in [0.2, 0.25) is 0 Å². The first-order valence-corrected chi connectivity index (χ1v) is 5.70. The van der Waals surface area contributed by atoms with Crippen LogP contribution in [0.15, 0.2) is 48.7 Å². The minimum Gasteiger partial charge on any atom is -0.370 e. The Hall–Kier alpha value is -0.796. The molecule has 19 heavy (non-hydrogen) atoms. The fourth-order valence-corrected chi connectivity index (χ4v) is 1.94. The van der Waals surface area contributed by atoms with Crippen molar-refractivity contribution in [1.29, 1.82) is 0 Å². The molecule has 1 aliphatic heterocycles. The zero-order chi connectivity index (χ0) is 13.1. The molecule has 0 spiro atoms. The Bertz CT molecular complexity index is 521. The maximum atomic E-state index is 12.6. The van der Waals surface area contributed by atoms with E-state index in [0.717, 1.165) is 11.1 Å². The van der Waals surface area contributed by atoms with E-state index in [0.29, 0.717) is 11.4 Å². The van der Waals surface area contributed by atoms with Crippen molar-refractivity contribution < 1.29 is 41.5 Å². The molecule has 0 bridgehead atoms. The van der Waals surface area contributed by atoms with E-state index in [9.17, 15) is 8.78 Å². The van der Waals surface area contributed by atoms with Crippen molar-refractivity contribution in [2.24, 2.45) is 0 Å². The molecule has 1 aliphatic rings. The van der Waals surface area contributed by atoms with E-state index in [1.54, 1.807) is 12.2 Å². The third-order valence-electron chi connectivity index (χ3n) is 2.83. The third-order valence-corrected chi connectivity index (χ3v) is 2.83. The quantitative estimate of drug-likeness (QED) is 0.760. The summed E-state index contributed by atoms with van der Waals surface area (Å²) in [5.41, 5.74) is 3.15. The van der Waals surface area contributed by atoms with E-state index >= 15 is 0 Å². The molecule has 0 saturated heterocycles. The Kier molecular flexibility index (Phi) is 6.09. The molecule has 4 heteroatoms. The van der Waals surface area contributed by atoms with E-state index in [1.807, 2.05) is 31.2 Å². The zero-order valence-electron chi connectivity index (χ0n) is 10.7. The molecule has 1 aromatic carbocycles. The molecular formula is C15H14F2NY-. The molecule has 1 aromatic rings. The van der Waals surface area contributed by atoms with Gasteiger partial charge in [-0.15, -0.1) is 12.1 Å². The van der Waals surface area contributed by atoms with Crippen LogP contribution in [0.3, 0.4) is 0 Å². The van der Waals surface area contributed by atoms with Gasteiger partial charge in [-0.2, -0.15) is 12.2 Å². The molecule has 0 unspecified atom stereocenters. The van der Waals surface area contributed by atoms with Gasteiger partial charge >= 0.3 is 0 Å². The second-order valence-electron chi connectivity index (χ2n) is 4.13. The Morgan fingerprint density at radius 2 is 2.00 bits per heavy atom. The van der Waals surface area contributed by atoms with Gasteiger partial charge in [0.1, 0.15) is 0 Å². The van der Waals surface area contributed by atoms with Crippen LogP contribution in [0, 0.1) is 13.0 Å². The molecule has 0 saturated carbocycles. The first kappa shape index (κ1) is 16.3. The molecule has 0 N–H and O–H groups in total. The summed E-state index contributed by atoms with van der Waals surface area (Å²) in [4.78, 5) is 1.51. The van der Waals surface area contributed by atoms with Crippen LogP contribution in [0.25, 0.3) is 5.70 Å². The average molecular weight is 335 g/mol. The van der Waals surface area contributed by atoms with E-state index in [-0.39, 0.29) is 39.3 Å². The third kappa shape index (κ3) is 3.83. The monoisotopic (exact) mass is 335 g/mol. The number of allylic oxidation sites excluding steroid dienone is 3. The van der Waals surface area contributed by atoms with Crippen molar-refractivity contribution in [3.05, 3.63) is 65.9 Å². The van der Waals surface area contributed by atoms with Gasteiger partial charge < -0.3 is 4.90 Å². The zero-order valence-corrected chi connectivity index (χ0v) is 13.6. The van der Waals surface area contributed by atoms with Gasteiger partial charge in [0.25, 0.3) is 6.43 Å². The minimum atomic E-state index is -2.41. The Labute approximate surface area is 137 Å². The van der Waals surface area contributed by atoms with Crippen molar-refractivity contribution in [1.82, 2.24) is 4.90 Å². The van der Waals surface area contributed by atoms with Gasteiger partial charge in [-0.25, -0.2) is 8.78 Å².